The van der Waals surface area contributed by atoms with E-state index in [4.69, 9.17) is 17.0 Å². The van der Waals surface area contributed by atoms with Crippen molar-refractivity contribution in [1.29, 1.82) is 0 Å². The van der Waals surface area contributed by atoms with Crippen molar-refractivity contribution in [2.45, 2.75) is 6.92 Å². The zero-order valence-corrected chi connectivity index (χ0v) is 11.0. The van der Waals surface area contributed by atoms with Crippen LogP contribution in [0.15, 0.2) is 23.3 Å². The topological polar surface area (TPSA) is 98.3 Å². The summed E-state index contributed by atoms with van der Waals surface area (Å²) in [5.41, 5.74) is 3.46. The maximum absolute atomic E-state index is 9.56. The summed E-state index contributed by atoms with van der Waals surface area (Å²) in [5, 5.41) is 18.9. The molecule has 0 radical (unpaired) electrons. The summed E-state index contributed by atoms with van der Waals surface area (Å²) in [5.74, 6) is 0.944. The van der Waals surface area contributed by atoms with Crippen LogP contribution < -0.4 is 10.2 Å². The van der Waals surface area contributed by atoms with Gasteiger partial charge in [-0.05, 0) is 42.9 Å². The maximum Gasteiger partial charge on any atom is 0.238 e. The zero-order valence-electron chi connectivity index (χ0n) is 10.2. The van der Waals surface area contributed by atoms with Crippen LogP contribution in [0.25, 0.3) is 0 Å². The monoisotopic (exact) mass is 279 g/mol. The molecule has 2 rings (SSSR count). The molecule has 0 aliphatic heterocycles. The van der Waals surface area contributed by atoms with Crippen molar-refractivity contribution >= 4 is 24.4 Å². The highest BCUT2D eigenvalue weighted by molar-refractivity contribution is 7.71. The standard InChI is InChI=1S/C11H13N5O2S/c1-2-18-9-5-7(3-4-8(9)17)6-12-14-10-13-11(19)16-15-10/h3-6,17H,2H2,1H3,(H3,13,14,15,16,19)/b12-6+. The molecule has 0 amide bonds. The predicted molar refractivity (Wildman–Crippen MR) is 74.3 cm³/mol. The first kappa shape index (κ1) is 13.1. The number of aromatic hydroxyl groups is 1. The summed E-state index contributed by atoms with van der Waals surface area (Å²) in [6.07, 6.45) is 1.58. The molecule has 8 heteroatoms. The van der Waals surface area contributed by atoms with Crippen LogP contribution in [0.1, 0.15) is 12.5 Å². The van der Waals surface area contributed by atoms with Crippen molar-refractivity contribution in [2.24, 2.45) is 5.10 Å². The summed E-state index contributed by atoms with van der Waals surface area (Å²) < 4.78 is 5.62. The predicted octanol–water partition coefficient (Wildman–Crippen LogP) is 2.02. The number of aromatic amines is 2. The number of nitrogens with zero attached hydrogens (tertiary/aromatic N) is 2. The average Bonchev–Trinajstić information content (AvgIpc) is 2.79. The molecule has 19 heavy (non-hydrogen) atoms. The first-order valence-corrected chi connectivity index (χ1v) is 5.99. The Labute approximate surface area is 114 Å². The van der Waals surface area contributed by atoms with Gasteiger partial charge in [-0.15, -0.1) is 0 Å². The van der Waals surface area contributed by atoms with Crippen molar-refractivity contribution in [3.05, 3.63) is 28.5 Å². The minimum absolute atomic E-state index is 0.100. The van der Waals surface area contributed by atoms with Gasteiger partial charge in [0.1, 0.15) is 0 Å². The number of nitrogens with one attached hydrogen (secondary N) is 3. The quantitative estimate of drug-likeness (QED) is 0.381. The van der Waals surface area contributed by atoms with E-state index >= 15 is 0 Å². The Balaban J connectivity index is 2.06. The van der Waals surface area contributed by atoms with E-state index < -0.39 is 0 Å². The minimum Gasteiger partial charge on any atom is -0.504 e. The number of hydrazone groups is 1. The van der Waals surface area contributed by atoms with Crippen molar-refractivity contribution in [1.82, 2.24) is 15.2 Å². The van der Waals surface area contributed by atoms with Gasteiger partial charge in [-0.1, -0.05) is 0 Å². The number of phenols is 1. The van der Waals surface area contributed by atoms with Gasteiger partial charge >= 0.3 is 0 Å². The summed E-state index contributed by atoms with van der Waals surface area (Å²) >= 11 is 4.80. The van der Waals surface area contributed by atoms with Gasteiger partial charge in [0, 0.05) is 0 Å². The lowest BCUT2D eigenvalue weighted by atomic mass is 10.2. The SMILES string of the molecule is CCOc1cc(/C=N/Nc2nc(=S)[nH][nH]2)ccc1O. The third-order valence-corrected chi connectivity index (χ3v) is 2.36. The number of anilines is 1. The van der Waals surface area contributed by atoms with Gasteiger partial charge in [-0.2, -0.15) is 10.1 Å². The van der Waals surface area contributed by atoms with Crippen LogP contribution in [0.2, 0.25) is 0 Å². The van der Waals surface area contributed by atoms with Crippen molar-refractivity contribution in [3.8, 4) is 11.5 Å². The third-order valence-electron chi connectivity index (χ3n) is 2.17. The van der Waals surface area contributed by atoms with Crippen LogP contribution in [0.5, 0.6) is 11.5 Å². The second kappa shape index (κ2) is 6.01. The number of rotatable bonds is 5. The molecule has 2 aromatic rings. The Bertz CT molecular complexity index is 634. The Kier molecular flexibility index (Phi) is 4.14. The van der Waals surface area contributed by atoms with Gasteiger partial charge in [0.25, 0.3) is 0 Å². The molecule has 0 aliphatic carbocycles. The summed E-state index contributed by atoms with van der Waals surface area (Å²) in [6.45, 7) is 2.33. The molecule has 1 aromatic carbocycles. The molecule has 0 bridgehead atoms. The molecule has 0 saturated carbocycles. The van der Waals surface area contributed by atoms with E-state index in [-0.39, 0.29) is 5.75 Å². The lowest BCUT2D eigenvalue weighted by Crippen LogP contribution is -1.95. The molecule has 4 N–H and O–H groups in total. The molecule has 100 valence electrons. The van der Waals surface area contributed by atoms with Crippen LogP contribution in [-0.2, 0) is 0 Å². The largest absolute Gasteiger partial charge is 0.504 e. The lowest BCUT2D eigenvalue weighted by molar-refractivity contribution is 0.318. The number of hydrogen-bond donors (Lipinski definition) is 4. The van der Waals surface area contributed by atoms with Gasteiger partial charge in [0.2, 0.25) is 10.7 Å². The van der Waals surface area contributed by atoms with Gasteiger partial charge in [-0.25, -0.2) is 5.43 Å². The van der Waals surface area contributed by atoms with E-state index in [0.717, 1.165) is 5.56 Å². The average molecular weight is 279 g/mol. The van der Waals surface area contributed by atoms with Crippen LogP contribution in [-0.4, -0.2) is 33.1 Å². The number of ether oxygens (including phenoxy) is 1. The van der Waals surface area contributed by atoms with Crippen molar-refractivity contribution < 1.29 is 9.84 Å². The summed E-state index contributed by atoms with van der Waals surface area (Å²) in [4.78, 5) is 3.92. The first-order chi connectivity index (χ1) is 9.19. The summed E-state index contributed by atoms with van der Waals surface area (Å²) in [6, 6.07) is 4.96. The normalized spacial score (nSPS) is 10.8. The second-order valence-corrected chi connectivity index (χ2v) is 3.93. The number of aromatic nitrogens is 3. The van der Waals surface area contributed by atoms with Crippen LogP contribution >= 0.6 is 12.2 Å². The van der Waals surface area contributed by atoms with Crippen molar-refractivity contribution in [3.63, 3.8) is 0 Å². The van der Waals surface area contributed by atoms with Crippen LogP contribution in [0, 0.1) is 4.77 Å². The zero-order chi connectivity index (χ0) is 13.7. The van der Waals surface area contributed by atoms with Crippen LogP contribution in [0.4, 0.5) is 5.95 Å². The highest BCUT2D eigenvalue weighted by atomic mass is 32.1. The Morgan fingerprint density at radius 3 is 3.05 bits per heavy atom. The Hall–Kier alpha value is -2.35. The lowest BCUT2D eigenvalue weighted by Gasteiger charge is -2.05. The van der Waals surface area contributed by atoms with Crippen molar-refractivity contribution in [2.75, 3.05) is 12.0 Å². The second-order valence-electron chi connectivity index (χ2n) is 3.55. The molecule has 1 heterocycles. The van der Waals surface area contributed by atoms with E-state index in [1.54, 1.807) is 24.4 Å². The van der Waals surface area contributed by atoms with E-state index in [2.05, 4.69) is 25.7 Å². The van der Waals surface area contributed by atoms with E-state index in [9.17, 15) is 5.11 Å². The number of phenolic OH excluding ortho intramolecular Hbond substituents is 1. The van der Waals surface area contributed by atoms with Gasteiger partial charge < -0.3 is 9.84 Å². The molecule has 7 nitrogen and oxygen atoms in total. The molecular formula is C11H13N5O2S. The van der Waals surface area contributed by atoms with E-state index in [1.165, 1.54) is 0 Å². The molecule has 0 fully saturated rings. The fourth-order valence-electron chi connectivity index (χ4n) is 1.37. The molecule has 0 unspecified atom stereocenters. The number of H-pyrrole nitrogens is 2. The van der Waals surface area contributed by atoms with E-state index in [1.807, 2.05) is 6.92 Å². The molecule has 1 aromatic heterocycles. The first-order valence-electron chi connectivity index (χ1n) is 5.58. The minimum atomic E-state index is 0.100. The molecule has 0 spiro atoms. The van der Waals surface area contributed by atoms with E-state index in [0.29, 0.717) is 23.1 Å². The fraction of sp³-hybridized carbons (Fsp3) is 0.182. The third kappa shape index (κ3) is 3.55. The smallest absolute Gasteiger partial charge is 0.238 e. The molecule has 0 atom stereocenters. The van der Waals surface area contributed by atoms with Gasteiger partial charge in [-0.3, -0.25) is 10.2 Å². The Morgan fingerprint density at radius 2 is 2.37 bits per heavy atom. The molecule has 0 saturated heterocycles. The fourth-order valence-corrected chi connectivity index (χ4v) is 1.52. The summed E-state index contributed by atoms with van der Waals surface area (Å²) in [7, 11) is 0. The van der Waals surface area contributed by atoms with Gasteiger partial charge in [0.05, 0.1) is 12.8 Å². The maximum atomic E-state index is 9.56. The van der Waals surface area contributed by atoms with Crippen LogP contribution in [0.3, 0.4) is 0 Å². The highest BCUT2D eigenvalue weighted by Gasteiger charge is 2.01. The molecule has 0 aliphatic rings. The number of hydrogen-bond acceptors (Lipinski definition) is 6. The number of benzene rings is 1. The molecular weight excluding hydrogens is 266 g/mol. The van der Waals surface area contributed by atoms with Gasteiger partial charge in [0.15, 0.2) is 11.5 Å². The highest BCUT2D eigenvalue weighted by Crippen LogP contribution is 2.26. The Morgan fingerprint density at radius 1 is 1.53 bits per heavy atom.